The number of carboxylic acid groups (broad SMARTS) is 1. The highest BCUT2D eigenvalue weighted by molar-refractivity contribution is 5.97. The molecule has 2 aromatic rings. The molecule has 21 heavy (non-hydrogen) atoms. The Morgan fingerprint density at radius 1 is 1.24 bits per heavy atom. The van der Waals surface area contributed by atoms with Crippen LogP contribution in [0.4, 0.5) is 0 Å². The zero-order valence-electron chi connectivity index (χ0n) is 12.2. The molecule has 0 aliphatic heterocycles. The summed E-state index contributed by atoms with van der Waals surface area (Å²) >= 11 is 0. The highest BCUT2D eigenvalue weighted by Gasteiger charge is 2.20. The van der Waals surface area contributed by atoms with E-state index in [0.29, 0.717) is 23.4 Å². The van der Waals surface area contributed by atoms with Gasteiger partial charge in [0.05, 0.1) is 17.7 Å². The molecule has 0 radical (unpaired) electrons. The van der Waals surface area contributed by atoms with Gasteiger partial charge in [-0.15, -0.1) is 0 Å². The van der Waals surface area contributed by atoms with Crippen LogP contribution in [-0.4, -0.2) is 28.2 Å². The molecule has 0 saturated heterocycles. The van der Waals surface area contributed by atoms with Crippen LogP contribution in [0.2, 0.25) is 0 Å². The van der Waals surface area contributed by atoms with Crippen LogP contribution in [0.5, 0.6) is 0 Å². The maximum atomic E-state index is 11.9. The summed E-state index contributed by atoms with van der Waals surface area (Å²) in [5, 5.41) is 9.29. The third-order valence-electron chi connectivity index (χ3n) is 3.46. The van der Waals surface area contributed by atoms with Gasteiger partial charge in [0, 0.05) is 24.0 Å². The van der Waals surface area contributed by atoms with Gasteiger partial charge in [-0.3, -0.25) is 0 Å². The van der Waals surface area contributed by atoms with E-state index in [4.69, 9.17) is 4.74 Å². The second kappa shape index (κ2) is 5.83. The first-order valence-corrected chi connectivity index (χ1v) is 6.63. The van der Waals surface area contributed by atoms with E-state index in [1.54, 1.807) is 55.8 Å². The van der Waals surface area contributed by atoms with Crippen molar-refractivity contribution in [3.8, 4) is 11.3 Å². The van der Waals surface area contributed by atoms with E-state index < -0.39 is 11.9 Å². The van der Waals surface area contributed by atoms with Gasteiger partial charge in [0.15, 0.2) is 0 Å². The minimum Gasteiger partial charge on any atom is -0.478 e. The fourth-order valence-electron chi connectivity index (χ4n) is 2.27. The van der Waals surface area contributed by atoms with E-state index in [1.165, 1.54) is 0 Å². The van der Waals surface area contributed by atoms with Gasteiger partial charge in [-0.2, -0.15) is 0 Å². The third-order valence-corrected chi connectivity index (χ3v) is 3.46. The number of rotatable bonds is 4. The summed E-state index contributed by atoms with van der Waals surface area (Å²) in [6, 6.07) is 8.40. The van der Waals surface area contributed by atoms with Gasteiger partial charge in [0.25, 0.3) is 0 Å². The summed E-state index contributed by atoms with van der Waals surface area (Å²) < 4.78 is 6.82. The largest absolute Gasteiger partial charge is 0.478 e. The zero-order chi connectivity index (χ0) is 15.6. The van der Waals surface area contributed by atoms with Crippen LogP contribution in [-0.2, 0) is 11.8 Å². The lowest BCUT2D eigenvalue weighted by Gasteiger charge is -2.08. The van der Waals surface area contributed by atoms with Crippen molar-refractivity contribution in [3.05, 3.63) is 47.2 Å². The number of carbonyl (C=O) groups is 2. The number of benzene rings is 1. The molecule has 0 bridgehead atoms. The average molecular weight is 287 g/mol. The van der Waals surface area contributed by atoms with Crippen LogP contribution in [0, 0.1) is 6.92 Å². The molecule has 5 nitrogen and oxygen atoms in total. The Bertz CT molecular complexity index is 700. The first-order chi connectivity index (χ1) is 9.97. The maximum absolute atomic E-state index is 11.9. The first-order valence-electron chi connectivity index (χ1n) is 6.63. The van der Waals surface area contributed by atoms with Gasteiger partial charge in [-0.25, -0.2) is 9.59 Å². The molecule has 1 aromatic heterocycles. The second-order valence-corrected chi connectivity index (χ2v) is 4.66. The summed E-state index contributed by atoms with van der Waals surface area (Å²) in [6.07, 6.45) is 0. The van der Waals surface area contributed by atoms with E-state index in [1.807, 2.05) is 0 Å². The van der Waals surface area contributed by atoms with Gasteiger partial charge in [-0.05, 0) is 26.0 Å². The van der Waals surface area contributed by atoms with Crippen molar-refractivity contribution < 1.29 is 19.4 Å². The molecule has 0 fully saturated rings. The van der Waals surface area contributed by atoms with Crippen LogP contribution in [0.15, 0.2) is 30.3 Å². The number of carboxylic acids is 1. The van der Waals surface area contributed by atoms with E-state index in [2.05, 4.69) is 0 Å². The molecule has 0 aliphatic carbocycles. The predicted octanol–water partition coefficient (Wildman–Crippen LogP) is 2.88. The number of nitrogens with zero attached hydrogens (tertiary/aromatic N) is 1. The smallest absolute Gasteiger partial charge is 0.339 e. The maximum Gasteiger partial charge on any atom is 0.339 e. The number of hydrogen-bond donors (Lipinski definition) is 1. The monoisotopic (exact) mass is 287 g/mol. The summed E-state index contributed by atoms with van der Waals surface area (Å²) in [5.74, 6) is -1.40. The Labute approximate surface area is 122 Å². The van der Waals surface area contributed by atoms with E-state index >= 15 is 0 Å². The molecule has 0 saturated carbocycles. The average Bonchev–Trinajstić information content (AvgIpc) is 2.75. The standard InChI is InChI=1S/C16H17NO4/c1-4-21-16(20)13-9-14(17(3)10(13)2)11-7-5-6-8-12(11)15(18)19/h5-9H,4H2,1-3H3,(H,18,19). The number of carbonyl (C=O) groups excluding carboxylic acids is 1. The molecular weight excluding hydrogens is 270 g/mol. The van der Waals surface area contributed by atoms with Gasteiger partial charge in [0.2, 0.25) is 0 Å². The molecule has 2 rings (SSSR count). The fraction of sp³-hybridized carbons (Fsp3) is 0.250. The number of aromatic nitrogens is 1. The van der Waals surface area contributed by atoms with Gasteiger partial charge < -0.3 is 14.4 Å². The minimum absolute atomic E-state index is 0.202. The van der Waals surface area contributed by atoms with Crippen molar-refractivity contribution in [1.29, 1.82) is 0 Å². The summed E-state index contributed by atoms with van der Waals surface area (Å²) in [5.41, 5.74) is 2.64. The molecule has 110 valence electrons. The topological polar surface area (TPSA) is 68.5 Å². The van der Waals surface area contributed by atoms with Crippen molar-refractivity contribution in [3.63, 3.8) is 0 Å². The van der Waals surface area contributed by atoms with E-state index in [-0.39, 0.29) is 5.56 Å². The van der Waals surface area contributed by atoms with Crippen molar-refractivity contribution in [2.45, 2.75) is 13.8 Å². The highest BCUT2D eigenvalue weighted by Crippen LogP contribution is 2.28. The number of esters is 1. The minimum atomic E-state index is -0.998. The van der Waals surface area contributed by atoms with Crippen molar-refractivity contribution in [2.24, 2.45) is 7.05 Å². The molecular formula is C16H17NO4. The lowest BCUT2D eigenvalue weighted by molar-refractivity contribution is 0.0525. The Hall–Kier alpha value is -2.56. The second-order valence-electron chi connectivity index (χ2n) is 4.66. The van der Waals surface area contributed by atoms with E-state index in [9.17, 15) is 14.7 Å². The molecule has 1 heterocycles. The number of hydrogen-bond acceptors (Lipinski definition) is 3. The van der Waals surface area contributed by atoms with Crippen LogP contribution < -0.4 is 0 Å². The lowest BCUT2D eigenvalue weighted by Crippen LogP contribution is -2.06. The first kappa shape index (κ1) is 14.8. The Kier molecular flexibility index (Phi) is 4.12. The summed E-state index contributed by atoms with van der Waals surface area (Å²) in [7, 11) is 1.80. The molecule has 0 aliphatic rings. The normalized spacial score (nSPS) is 10.4. The van der Waals surface area contributed by atoms with E-state index in [0.717, 1.165) is 5.69 Å². The predicted molar refractivity (Wildman–Crippen MR) is 78.5 cm³/mol. The van der Waals surface area contributed by atoms with Crippen LogP contribution >= 0.6 is 0 Å². The van der Waals surface area contributed by atoms with Crippen molar-refractivity contribution >= 4 is 11.9 Å². The molecule has 0 amide bonds. The lowest BCUT2D eigenvalue weighted by atomic mass is 10.0. The molecule has 0 unspecified atom stereocenters. The van der Waals surface area contributed by atoms with Crippen LogP contribution in [0.3, 0.4) is 0 Å². The molecule has 0 spiro atoms. The SMILES string of the molecule is CCOC(=O)c1cc(-c2ccccc2C(=O)O)n(C)c1C. The number of ether oxygens (including phenoxy) is 1. The third kappa shape index (κ3) is 2.67. The Balaban J connectivity index is 2.59. The highest BCUT2D eigenvalue weighted by atomic mass is 16.5. The zero-order valence-corrected chi connectivity index (χ0v) is 12.2. The fourth-order valence-corrected chi connectivity index (χ4v) is 2.27. The Morgan fingerprint density at radius 2 is 1.90 bits per heavy atom. The molecule has 1 N–H and O–H groups in total. The molecule has 1 aromatic carbocycles. The Morgan fingerprint density at radius 3 is 2.52 bits per heavy atom. The summed E-state index contributed by atoms with van der Waals surface area (Å²) in [6.45, 7) is 3.85. The quantitative estimate of drug-likeness (QED) is 0.878. The molecule has 5 heteroatoms. The van der Waals surface area contributed by atoms with Crippen LogP contribution in [0.1, 0.15) is 33.3 Å². The summed E-state index contributed by atoms with van der Waals surface area (Å²) in [4.78, 5) is 23.3. The molecule has 0 atom stereocenters. The van der Waals surface area contributed by atoms with Crippen molar-refractivity contribution in [1.82, 2.24) is 4.57 Å². The van der Waals surface area contributed by atoms with Crippen LogP contribution in [0.25, 0.3) is 11.3 Å². The van der Waals surface area contributed by atoms with Gasteiger partial charge >= 0.3 is 11.9 Å². The van der Waals surface area contributed by atoms with Gasteiger partial charge in [-0.1, -0.05) is 18.2 Å². The van der Waals surface area contributed by atoms with Gasteiger partial charge in [0.1, 0.15) is 0 Å². The number of aromatic carboxylic acids is 1. The van der Waals surface area contributed by atoms with Crippen molar-refractivity contribution in [2.75, 3.05) is 6.61 Å².